The molecule has 0 unspecified atom stereocenters. The second-order valence-corrected chi connectivity index (χ2v) is 3.75. The molecule has 78 valence electrons. The van der Waals surface area contributed by atoms with Gasteiger partial charge in [0.15, 0.2) is 0 Å². The van der Waals surface area contributed by atoms with Crippen molar-refractivity contribution in [3.05, 3.63) is 29.6 Å². The molecule has 0 atom stereocenters. The largest absolute Gasteiger partial charge is 0.398 e. The Morgan fingerprint density at radius 1 is 1.43 bits per heavy atom. The molecule has 0 fully saturated rings. The minimum Gasteiger partial charge on any atom is -0.398 e. The Kier molecular flexibility index (Phi) is 3.89. The summed E-state index contributed by atoms with van der Waals surface area (Å²) < 4.78 is 18.1. The van der Waals surface area contributed by atoms with E-state index in [1.54, 1.807) is 6.07 Å². The van der Waals surface area contributed by atoms with E-state index >= 15 is 0 Å². The molecule has 3 heteroatoms. The van der Waals surface area contributed by atoms with Crippen LogP contribution in [0.4, 0.5) is 10.1 Å². The van der Waals surface area contributed by atoms with Gasteiger partial charge in [0, 0.05) is 17.9 Å². The van der Waals surface area contributed by atoms with Gasteiger partial charge < -0.3 is 10.5 Å². The van der Waals surface area contributed by atoms with E-state index in [1.165, 1.54) is 12.1 Å². The van der Waals surface area contributed by atoms with Crippen LogP contribution in [0.5, 0.6) is 0 Å². The molecule has 14 heavy (non-hydrogen) atoms. The van der Waals surface area contributed by atoms with Crippen LogP contribution in [0.2, 0.25) is 0 Å². The first-order valence-corrected chi connectivity index (χ1v) is 4.71. The maximum atomic E-state index is 12.7. The third kappa shape index (κ3) is 3.34. The van der Waals surface area contributed by atoms with Gasteiger partial charge in [-0.3, -0.25) is 0 Å². The zero-order valence-corrected chi connectivity index (χ0v) is 8.59. The zero-order chi connectivity index (χ0) is 10.6. The average molecular weight is 197 g/mol. The van der Waals surface area contributed by atoms with Crippen LogP contribution >= 0.6 is 0 Å². The lowest BCUT2D eigenvalue weighted by atomic mass is 10.2. The Hall–Kier alpha value is -1.09. The standard InChI is InChI=1S/C11H16FNO/c1-8(2)6-14-7-9-3-4-10(12)5-11(9)13/h3-5,8H,6-7,13H2,1-2H3. The van der Waals surface area contributed by atoms with Crippen LogP contribution in [-0.2, 0) is 11.3 Å². The van der Waals surface area contributed by atoms with Gasteiger partial charge in [0.05, 0.1) is 6.61 Å². The third-order valence-corrected chi connectivity index (χ3v) is 1.82. The number of hydrogen-bond donors (Lipinski definition) is 1. The van der Waals surface area contributed by atoms with Crippen molar-refractivity contribution in [2.24, 2.45) is 5.92 Å². The smallest absolute Gasteiger partial charge is 0.125 e. The maximum absolute atomic E-state index is 12.7. The van der Waals surface area contributed by atoms with Crippen molar-refractivity contribution in [2.75, 3.05) is 12.3 Å². The SMILES string of the molecule is CC(C)COCc1ccc(F)cc1N. The number of nitrogens with two attached hydrogens (primary N) is 1. The van der Waals surface area contributed by atoms with E-state index in [0.717, 1.165) is 5.56 Å². The summed E-state index contributed by atoms with van der Waals surface area (Å²) >= 11 is 0. The van der Waals surface area contributed by atoms with Crippen LogP contribution in [0, 0.1) is 11.7 Å². The first-order valence-electron chi connectivity index (χ1n) is 4.71. The van der Waals surface area contributed by atoms with Crippen LogP contribution in [0.25, 0.3) is 0 Å². The lowest BCUT2D eigenvalue weighted by Crippen LogP contribution is -2.04. The third-order valence-electron chi connectivity index (χ3n) is 1.82. The second-order valence-electron chi connectivity index (χ2n) is 3.75. The first kappa shape index (κ1) is 11.0. The molecule has 0 aliphatic carbocycles. The Morgan fingerprint density at radius 2 is 2.14 bits per heavy atom. The van der Waals surface area contributed by atoms with Gasteiger partial charge >= 0.3 is 0 Å². The molecule has 0 aliphatic rings. The molecule has 0 aliphatic heterocycles. The molecule has 2 N–H and O–H groups in total. The fourth-order valence-electron chi connectivity index (χ4n) is 1.10. The van der Waals surface area contributed by atoms with Crippen LogP contribution in [-0.4, -0.2) is 6.61 Å². The summed E-state index contributed by atoms with van der Waals surface area (Å²) in [6.45, 7) is 5.29. The first-order chi connectivity index (χ1) is 6.59. The molecular formula is C11H16FNO. The molecule has 0 saturated carbocycles. The van der Waals surface area contributed by atoms with E-state index in [0.29, 0.717) is 24.8 Å². The average Bonchev–Trinajstić information content (AvgIpc) is 2.08. The summed E-state index contributed by atoms with van der Waals surface area (Å²) in [6.07, 6.45) is 0. The Labute approximate surface area is 83.9 Å². The van der Waals surface area contributed by atoms with E-state index in [2.05, 4.69) is 13.8 Å². The molecule has 1 aromatic rings. The van der Waals surface area contributed by atoms with Gasteiger partial charge in [0.2, 0.25) is 0 Å². The topological polar surface area (TPSA) is 35.2 Å². The van der Waals surface area contributed by atoms with Crippen molar-refractivity contribution in [1.82, 2.24) is 0 Å². The van der Waals surface area contributed by atoms with Gasteiger partial charge in [-0.25, -0.2) is 4.39 Å². The Morgan fingerprint density at radius 3 is 2.71 bits per heavy atom. The lowest BCUT2D eigenvalue weighted by Gasteiger charge is -2.08. The number of benzene rings is 1. The van der Waals surface area contributed by atoms with Crippen LogP contribution in [0.3, 0.4) is 0 Å². The molecular weight excluding hydrogens is 181 g/mol. The van der Waals surface area contributed by atoms with Crippen molar-refractivity contribution >= 4 is 5.69 Å². The van der Waals surface area contributed by atoms with E-state index < -0.39 is 0 Å². The number of anilines is 1. The normalized spacial score (nSPS) is 10.9. The Balaban J connectivity index is 2.51. The number of halogens is 1. The van der Waals surface area contributed by atoms with E-state index in [9.17, 15) is 4.39 Å². The molecule has 1 aromatic carbocycles. The highest BCUT2D eigenvalue weighted by atomic mass is 19.1. The number of nitrogen functional groups attached to an aromatic ring is 1. The summed E-state index contributed by atoms with van der Waals surface area (Å²) in [5, 5.41) is 0. The van der Waals surface area contributed by atoms with Crippen LogP contribution < -0.4 is 5.73 Å². The minimum atomic E-state index is -0.310. The fourth-order valence-corrected chi connectivity index (χ4v) is 1.10. The predicted molar refractivity (Wildman–Crippen MR) is 55.3 cm³/mol. The molecule has 0 radical (unpaired) electrons. The van der Waals surface area contributed by atoms with Crippen molar-refractivity contribution in [3.8, 4) is 0 Å². The highest BCUT2D eigenvalue weighted by Gasteiger charge is 2.01. The highest BCUT2D eigenvalue weighted by molar-refractivity contribution is 5.46. The number of ether oxygens (including phenoxy) is 1. The molecule has 0 spiro atoms. The Bertz CT molecular complexity index is 299. The van der Waals surface area contributed by atoms with Gasteiger partial charge in [-0.15, -0.1) is 0 Å². The molecule has 0 saturated heterocycles. The van der Waals surface area contributed by atoms with Crippen LogP contribution in [0.1, 0.15) is 19.4 Å². The zero-order valence-electron chi connectivity index (χ0n) is 8.59. The maximum Gasteiger partial charge on any atom is 0.125 e. The number of hydrogen-bond acceptors (Lipinski definition) is 2. The number of rotatable bonds is 4. The molecule has 0 aromatic heterocycles. The molecule has 1 rings (SSSR count). The second kappa shape index (κ2) is 4.96. The van der Waals surface area contributed by atoms with Gasteiger partial charge in [0.1, 0.15) is 5.82 Å². The van der Waals surface area contributed by atoms with Crippen molar-refractivity contribution in [1.29, 1.82) is 0 Å². The molecule has 0 amide bonds. The minimum absolute atomic E-state index is 0.310. The summed E-state index contributed by atoms with van der Waals surface area (Å²) in [5.41, 5.74) is 6.91. The van der Waals surface area contributed by atoms with Crippen LogP contribution in [0.15, 0.2) is 18.2 Å². The van der Waals surface area contributed by atoms with Crippen molar-refractivity contribution < 1.29 is 9.13 Å². The summed E-state index contributed by atoms with van der Waals surface area (Å²) in [6, 6.07) is 4.36. The van der Waals surface area contributed by atoms with Crippen molar-refractivity contribution in [3.63, 3.8) is 0 Å². The van der Waals surface area contributed by atoms with Gasteiger partial charge in [0.25, 0.3) is 0 Å². The molecule has 0 heterocycles. The predicted octanol–water partition coefficient (Wildman–Crippen LogP) is 2.58. The van der Waals surface area contributed by atoms with Gasteiger partial charge in [-0.05, 0) is 18.1 Å². The van der Waals surface area contributed by atoms with E-state index in [1.807, 2.05) is 0 Å². The lowest BCUT2D eigenvalue weighted by molar-refractivity contribution is 0.0974. The van der Waals surface area contributed by atoms with E-state index in [4.69, 9.17) is 10.5 Å². The molecule has 2 nitrogen and oxygen atoms in total. The van der Waals surface area contributed by atoms with E-state index in [-0.39, 0.29) is 5.82 Å². The fraction of sp³-hybridized carbons (Fsp3) is 0.455. The summed E-state index contributed by atoms with van der Waals surface area (Å²) in [7, 11) is 0. The summed E-state index contributed by atoms with van der Waals surface area (Å²) in [4.78, 5) is 0. The molecule has 0 bridgehead atoms. The quantitative estimate of drug-likeness (QED) is 0.753. The summed E-state index contributed by atoms with van der Waals surface area (Å²) in [5.74, 6) is 0.187. The van der Waals surface area contributed by atoms with Gasteiger partial charge in [-0.1, -0.05) is 19.9 Å². The highest BCUT2D eigenvalue weighted by Crippen LogP contribution is 2.14. The monoisotopic (exact) mass is 197 g/mol. The van der Waals surface area contributed by atoms with Gasteiger partial charge in [-0.2, -0.15) is 0 Å². The van der Waals surface area contributed by atoms with Crippen molar-refractivity contribution in [2.45, 2.75) is 20.5 Å².